The molecule has 2 aromatic rings. The number of fused-ring (bicyclic) bond motifs is 1. The monoisotopic (exact) mass is 300 g/mol. The average molecular weight is 300 g/mol. The molecule has 0 atom stereocenters. The van der Waals surface area contributed by atoms with E-state index in [2.05, 4.69) is 21.7 Å². The van der Waals surface area contributed by atoms with Crippen LogP contribution < -0.4 is 0 Å². The normalized spacial score (nSPS) is 14.0. The number of carbonyl (C=O) groups excluding carboxylic acids is 1. The lowest BCUT2D eigenvalue weighted by atomic mass is 10.1. The third kappa shape index (κ3) is 2.62. The van der Waals surface area contributed by atoms with Gasteiger partial charge in [-0.2, -0.15) is 0 Å². The molecule has 22 heavy (non-hydrogen) atoms. The van der Waals surface area contributed by atoms with Crippen molar-refractivity contribution in [3.63, 3.8) is 0 Å². The van der Waals surface area contributed by atoms with Crippen LogP contribution >= 0.6 is 0 Å². The average Bonchev–Trinajstić information content (AvgIpc) is 2.97. The highest BCUT2D eigenvalue weighted by Crippen LogP contribution is 2.18. The van der Waals surface area contributed by atoms with Gasteiger partial charge in [-0.05, 0) is 11.6 Å². The van der Waals surface area contributed by atoms with Crippen molar-refractivity contribution in [2.75, 3.05) is 13.7 Å². The molecule has 0 unspecified atom stereocenters. The molecular weight excluding hydrogens is 280 g/mol. The van der Waals surface area contributed by atoms with Gasteiger partial charge in [0.15, 0.2) is 5.82 Å². The van der Waals surface area contributed by atoms with Crippen molar-refractivity contribution >= 4 is 5.91 Å². The Balaban J connectivity index is 1.82. The van der Waals surface area contributed by atoms with Crippen molar-refractivity contribution in [1.82, 2.24) is 19.7 Å². The largest absolute Gasteiger partial charge is 0.380 e. The van der Waals surface area contributed by atoms with Crippen molar-refractivity contribution in [3.05, 3.63) is 47.0 Å². The number of hydrogen-bond donors (Lipinski definition) is 0. The van der Waals surface area contributed by atoms with E-state index in [-0.39, 0.29) is 5.91 Å². The maximum atomic E-state index is 12.8. The van der Waals surface area contributed by atoms with Gasteiger partial charge in [0.1, 0.15) is 5.82 Å². The van der Waals surface area contributed by atoms with Crippen LogP contribution in [0.2, 0.25) is 0 Å². The molecule has 1 aliphatic rings. The Hall–Kier alpha value is -2.21. The first kappa shape index (κ1) is 14.7. The molecule has 116 valence electrons. The molecule has 6 nitrogen and oxygen atoms in total. The van der Waals surface area contributed by atoms with Crippen molar-refractivity contribution < 1.29 is 9.53 Å². The van der Waals surface area contributed by atoms with E-state index in [0.29, 0.717) is 25.3 Å². The number of aryl methyl sites for hydroxylation is 1. The van der Waals surface area contributed by atoms with Crippen molar-refractivity contribution in [3.8, 4) is 0 Å². The summed E-state index contributed by atoms with van der Waals surface area (Å²) in [7, 11) is 1.64. The highest BCUT2D eigenvalue weighted by Gasteiger charge is 2.25. The van der Waals surface area contributed by atoms with Crippen LogP contribution in [-0.2, 0) is 30.9 Å². The number of rotatable bonds is 4. The second kappa shape index (κ2) is 6.27. The minimum Gasteiger partial charge on any atom is -0.380 e. The van der Waals surface area contributed by atoms with Crippen molar-refractivity contribution in [2.24, 2.45) is 0 Å². The number of nitrogens with zero attached hydrogens (tertiary/aromatic N) is 4. The zero-order valence-corrected chi connectivity index (χ0v) is 13.0. The Labute approximate surface area is 129 Å². The van der Waals surface area contributed by atoms with Gasteiger partial charge in [0, 0.05) is 32.2 Å². The Morgan fingerprint density at radius 2 is 2.09 bits per heavy atom. The molecule has 0 radical (unpaired) electrons. The molecule has 0 saturated heterocycles. The third-order valence-corrected chi connectivity index (χ3v) is 3.98. The van der Waals surface area contributed by atoms with E-state index in [1.54, 1.807) is 7.11 Å². The fraction of sp³-hybridized carbons (Fsp3) is 0.438. The van der Waals surface area contributed by atoms with Gasteiger partial charge in [-0.25, -0.2) is 0 Å². The maximum absolute atomic E-state index is 12.8. The van der Waals surface area contributed by atoms with Crippen LogP contribution in [0.25, 0.3) is 0 Å². The molecule has 0 bridgehead atoms. The fourth-order valence-electron chi connectivity index (χ4n) is 2.83. The summed E-state index contributed by atoms with van der Waals surface area (Å²) in [4.78, 5) is 14.6. The molecule has 0 N–H and O–H groups in total. The van der Waals surface area contributed by atoms with Gasteiger partial charge in [0.25, 0.3) is 5.91 Å². The number of ether oxygens (including phenoxy) is 1. The van der Waals surface area contributed by atoms with Crippen LogP contribution in [0, 0.1) is 0 Å². The zero-order chi connectivity index (χ0) is 15.5. The Morgan fingerprint density at radius 1 is 1.27 bits per heavy atom. The lowest BCUT2D eigenvalue weighted by molar-refractivity contribution is 0.0701. The van der Waals surface area contributed by atoms with Crippen LogP contribution in [0.3, 0.4) is 0 Å². The number of methoxy groups -OCH3 is 1. The SMILES string of the molecule is CCc1nnc2n1CCN(C(=O)c1ccccc1COC)C2. The first-order chi connectivity index (χ1) is 10.7. The van der Waals surface area contributed by atoms with E-state index in [0.717, 1.165) is 30.2 Å². The summed E-state index contributed by atoms with van der Waals surface area (Å²) in [5, 5.41) is 8.39. The first-order valence-corrected chi connectivity index (χ1v) is 7.51. The predicted octanol–water partition coefficient (Wildman–Crippen LogP) is 1.64. The summed E-state index contributed by atoms with van der Waals surface area (Å²) in [6, 6.07) is 7.59. The molecular formula is C16H20N4O2. The second-order valence-corrected chi connectivity index (χ2v) is 5.35. The van der Waals surface area contributed by atoms with E-state index in [1.165, 1.54) is 0 Å². The zero-order valence-electron chi connectivity index (χ0n) is 13.0. The third-order valence-electron chi connectivity index (χ3n) is 3.98. The molecule has 1 aromatic carbocycles. The summed E-state index contributed by atoms with van der Waals surface area (Å²) in [5.74, 6) is 1.88. The number of aromatic nitrogens is 3. The van der Waals surface area contributed by atoms with E-state index in [1.807, 2.05) is 29.2 Å². The Morgan fingerprint density at radius 3 is 2.86 bits per heavy atom. The van der Waals surface area contributed by atoms with Crippen LogP contribution in [0.4, 0.5) is 0 Å². The van der Waals surface area contributed by atoms with Crippen LogP contribution in [0.5, 0.6) is 0 Å². The molecule has 1 amide bonds. The standard InChI is InChI=1S/C16H20N4O2/c1-3-14-17-18-15-10-19(8-9-20(14)15)16(21)13-7-5-4-6-12(13)11-22-2/h4-7H,3,8-11H2,1-2H3. The van der Waals surface area contributed by atoms with Gasteiger partial charge in [-0.1, -0.05) is 25.1 Å². The minimum atomic E-state index is 0.0277. The molecule has 2 heterocycles. The maximum Gasteiger partial charge on any atom is 0.254 e. The Kier molecular flexibility index (Phi) is 4.20. The summed E-state index contributed by atoms with van der Waals surface area (Å²) in [6.07, 6.45) is 0.859. The molecule has 0 spiro atoms. The molecule has 1 aromatic heterocycles. The van der Waals surface area contributed by atoms with Crippen molar-refractivity contribution in [2.45, 2.75) is 33.0 Å². The summed E-state index contributed by atoms with van der Waals surface area (Å²) < 4.78 is 7.30. The van der Waals surface area contributed by atoms with Gasteiger partial charge < -0.3 is 14.2 Å². The van der Waals surface area contributed by atoms with Gasteiger partial charge in [0.2, 0.25) is 0 Å². The van der Waals surface area contributed by atoms with Gasteiger partial charge in [0.05, 0.1) is 13.2 Å². The molecule has 6 heteroatoms. The van der Waals surface area contributed by atoms with Gasteiger partial charge >= 0.3 is 0 Å². The van der Waals surface area contributed by atoms with Crippen LogP contribution in [0.1, 0.15) is 34.5 Å². The smallest absolute Gasteiger partial charge is 0.254 e. The fourth-order valence-corrected chi connectivity index (χ4v) is 2.83. The molecule has 0 aliphatic carbocycles. The quantitative estimate of drug-likeness (QED) is 0.861. The Bertz CT molecular complexity index is 681. The van der Waals surface area contributed by atoms with E-state index >= 15 is 0 Å². The van der Waals surface area contributed by atoms with Crippen LogP contribution in [0.15, 0.2) is 24.3 Å². The van der Waals surface area contributed by atoms with Crippen molar-refractivity contribution in [1.29, 1.82) is 0 Å². The van der Waals surface area contributed by atoms with Gasteiger partial charge in [-0.3, -0.25) is 4.79 Å². The van der Waals surface area contributed by atoms with E-state index in [4.69, 9.17) is 4.74 Å². The lowest BCUT2D eigenvalue weighted by Crippen LogP contribution is -2.39. The highest BCUT2D eigenvalue weighted by molar-refractivity contribution is 5.95. The van der Waals surface area contributed by atoms with E-state index < -0.39 is 0 Å². The molecule has 0 saturated carbocycles. The first-order valence-electron chi connectivity index (χ1n) is 7.51. The van der Waals surface area contributed by atoms with Gasteiger partial charge in [-0.15, -0.1) is 10.2 Å². The highest BCUT2D eigenvalue weighted by atomic mass is 16.5. The topological polar surface area (TPSA) is 60.2 Å². The predicted molar refractivity (Wildman–Crippen MR) is 81.3 cm³/mol. The number of hydrogen-bond acceptors (Lipinski definition) is 4. The number of benzene rings is 1. The van der Waals surface area contributed by atoms with Crippen LogP contribution in [-0.4, -0.2) is 39.2 Å². The lowest BCUT2D eigenvalue weighted by Gasteiger charge is -2.28. The molecule has 3 rings (SSSR count). The second-order valence-electron chi connectivity index (χ2n) is 5.35. The summed E-state index contributed by atoms with van der Waals surface area (Å²) in [5.41, 5.74) is 1.62. The number of amides is 1. The summed E-state index contributed by atoms with van der Waals surface area (Å²) in [6.45, 7) is 4.44. The number of carbonyl (C=O) groups is 1. The molecule has 0 fully saturated rings. The molecule has 1 aliphatic heterocycles. The van der Waals surface area contributed by atoms with E-state index in [9.17, 15) is 4.79 Å². The minimum absolute atomic E-state index is 0.0277. The summed E-state index contributed by atoms with van der Waals surface area (Å²) >= 11 is 0.